The number of fused-ring (bicyclic) bond motifs is 1. The lowest BCUT2D eigenvalue weighted by molar-refractivity contribution is 0.0745. The smallest absolute Gasteiger partial charge is 0.276 e. The molecule has 1 aromatic carbocycles. The van der Waals surface area contributed by atoms with Crippen molar-refractivity contribution in [1.29, 1.82) is 0 Å². The van der Waals surface area contributed by atoms with Gasteiger partial charge >= 0.3 is 0 Å². The maximum absolute atomic E-state index is 12.6. The summed E-state index contributed by atoms with van der Waals surface area (Å²) in [5, 5.41) is 11.6. The average molecular weight is 297 g/mol. The van der Waals surface area contributed by atoms with Crippen molar-refractivity contribution in [3.8, 4) is 0 Å². The van der Waals surface area contributed by atoms with Crippen molar-refractivity contribution in [3.63, 3.8) is 0 Å². The topological polar surface area (TPSA) is 63.1 Å². The molecular formula is C16H19N5O. The van der Waals surface area contributed by atoms with Gasteiger partial charge < -0.3 is 10.2 Å². The molecule has 4 rings (SSSR count). The highest BCUT2D eigenvalue weighted by Gasteiger charge is 2.26. The molecule has 2 aromatic rings. The predicted molar refractivity (Wildman–Crippen MR) is 81.2 cm³/mol. The van der Waals surface area contributed by atoms with Gasteiger partial charge in [-0.2, -0.15) is 0 Å². The summed E-state index contributed by atoms with van der Waals surface area (Å²) < 4.78 is 1.86. The molecular weight excluding hydrogens is 278 g/mol. The van der Waals surface area contributed by atoms with Gasteiger partial charge in [0.1, 0.15) is 0 Å². The van der Waals surface area contributed by atoms with E-state index in [1.54, 1.807) is 6.20 Å². The van der Waals surface area contributed by atoms with Crippen LogP contribution in [0.4, 0.5) is 0 Å². The Kier molecular flexibility index (Phi) is 3.38. The summed E-state index contributed by atoms with van der Waals surface area (Å²) >= 11 is 0. The van der Waals surface area contributed by atoms with Gasteiger partial charge in [0.15, 0.2) is 5.69 Å². The van der Waals surface area contributed by atoms with E-state index in [0.29, 0.717) is 24.8 Å². The van der Waals surface area contributed by atoms with Crippen LogP contribution in [0.2, 0.25) is 0 Å². The third kappa shape index (κ3) is 2.39. The Bertz CT molecular complexity index is 664. The Morgan fingerprint density at radius 2 is 1.82 bits per heavy atom. The van der Waals surface area contributed by atoms with Crippen LogP contribution in [-0.2, 0) is 13.1 Å². The molecule has 1 saturated heterocycles. The first kappa shape index (κ1) is 13.5. The number of carbonyl (C=O) groups is 1. The van der Waals surface area contributed by atoms with Crippen LogP contribution >= 0.6 is 0 Å². The molecule has 1 N–H and O–H groups in total. The lowest BCUT2D eigenvalue weighted by Gasteiger charge is -2.22. The molecule has 2 aliphatic heterocycles. The fourth-order valence-corrected chi connectivity index (χ4v) is 3.26. The molecule has 6 nitrogen and oxygen atoms in total. The Hall–Kier alpha value is -2.21. The second kappa shape index (κ2) is 5.53. The highest BCUT2D eigenvalue weighted by molar-refractivity contribution is 5.92. The first-order valence-corrected chi connectivity index (χ1v) is 7.80. The van der Waals surface area contributed by atoms with Crippen LogP contribution in [0.5, 0.6) is 0 Å². The van der Waals surface area contributed by atoms with Gasteiger partial charge in [0.2, 0.25) is 0 Å². The van der Waals surface area contributed by atoms with Crippen molar-refractivity contribution < 1.29 is 4.79 Å². The number of benzene rings is 1. The van der Waals surface area contributed by atoms with Crippen molar-refractivity contribution in [2.45, 2.75) is 32.0 Å². The SMILES string of the molecule is O=C(c1cn(C2CCNCC2)nn1)N1Cc2ccccc2C1. The van der Waals surface area contributed by atoms with E-state index in [1.165, 1.54) is 11.1 Å². The van der Waals surface area contributed by atoms with Gasteiger partial charge in [-0.25, -0.2) is 4.68 Å². The van der Waals surface area contributed by atoms with E-state index in [1.807, 2.05) is 21.7 Å². The first-order chi connectivity index (χ1) is 10.8. The minimum atomic E-state index is -0.0311. The quantitative estimate of drug-likeness (QED) is 0.909. The Morgan fingerprint density at radius 3 is 2.50 bits per heavy atom. The first-order valence-electron chi connectivity index (χ1n) is 7.80. The monoisotopic (exact) mass is 297 g/mol. The third-order valence-electron chi connectivity index (χ3n) is 4.54. The van der Waals surface area contributed by atoms with Gasteiger partial charge in [-0.1, -0.05) is 29.5 Å². The second-order valence-corrected chi connectivity index (χ2v) is 5.99. The summed E-state index contributed by atoms with van der Waals surface area (Å²) in [4.78, 5) is 14.4. The lowest BCUT2D eigenvalue weighted by atomic mass is 10.1. The van der Waals surface area contributed by atoms with Crippen molar-refractivity contribution >= 4 is 5.91 Å². The minimum Gasteiger partial charge on any atom is -0.329 e. The number of aromatic nitrogens is 3. The fraction of sp³-hybridized carbons (Fsp3) is 0.438. The maximum Gasteiger partial charge on any atom is 0.276 e. The van der Waals surface area contributed by atoms with E-state index in [4.69, 9.17) is 0 Å². The fourth-order valence-electron chi connectivity index (χ4n) is 3.26. The van der Waals surface area contributed by atoms with E-state index in [2.05, 4.69) is 27.8 Å². The zero-order valence-electron chi connectivity index (χ0n) is 12.4. The molecule has 114 valence electrons. The number of rotatable bonds is 2. The molecule has 0 saturated carbocycles. The summed E-state index contributed by atoms with van der Waals surface area (Å²) in [6, 6.07) is 8.54. The maximum atomic E-state index is 12.6. The van der Waals surface area contributed by atoms with Crippen molar-refractivity contribution in [2.75, 3.05) is 13.1 Å². The Balaban J connectivity index is 1.49. The largest absolute Gasteiger partial charge is 0.329 e. The number of hydrogen-bond donors (Lipinski definition) is 1. The predicted octanol–water partition coefficient (Wildman–Crippen LogP) is 1.36. The van der Waals surface area contributed by atoms with Gasteiger partial charge in [0.25, 0.3) is 5.91 Å². The summed E-state index contributed by atoms with van der Waals surface area (Å²) in [5.74, 6) is -0.0311. The van der Waals surface area contributed by atoms with Gasteiger partial charge in [-0.3, -0.25) is 4.79 Å². The molecule has 0 unspecified atom stereocenters. The number of hydrogen-bond acceptors (Lipinski definition) is 4. The van der Waals surface area contributed by atoms with Crippen LogP contribution < -0.4 is 5.32 Å². The van der Waals surface area contributed by atoms with Gasteiger partial charge in [-0.05, 0) is 37.1 Å². The molecule has 0 radical (unpaired) electrons. The lowest BCUT2D eigenvalue weighted by Crippen LogP contribution is -2.29. The van der Waals surface area contributed by atoms with Crippen LogP contribution in [0.3, 0.4) is 0 Å². The average Bonchev–Trinajstić information content (AvgIpc) is 3.22. The van der Waals surface area contributed by atoms with Crippen molar-refractivity contribution in [2.24, 2.45) is 0 Å². The van der Waals surface area contributed by atoms with Crippen LogP contribution in [0.25, 0.3) is 0 Å². The van der Waals surface area contributed by atoms with Gasteiger partial charge in [-0.15, -0.1) is 5.10 Å². The van der Waals surface area contributed by atoms with Crippen molar-refractivity contribution in [3.05, 3.63) is 47.3 Å². The van der Waals surface area contributed by atoms with Crippen LogP contribution in [0.1, 0.15) is 40.5 Å². The third-order valence-corrected chi connectivity index (χ3v) is 4.54. The number of carbonyl (C=O) groups excluding carboxylic acids is 1. The highest BCUT2D eigenvalue weighted by atomic mass is 16.2. The second-order valence-electron chi connectivity index (χ2n) is 5.99. The molecule has 1 fully saturated rings. The molecule has 22 heavy (non-hydrogen) atoms. The summed E-state index contributed by atoms with van der Waals surface area (Å²) in [5.41, 5.74) is 2.90. The number of amides is 1. The van der Waals surface area contributed by atoms with E-state index in [9.17, 15) is 4.79 Å². The van der Waals surface area contributed by atoms with E-state index in [0.717, 1.165) is 25.9 Å². The Labute approximate surface area is 129 Å². The molecule has 0 atom stereocenters. The number of piperidine rings is 1. The van der Waals surface area contributed by atoms with Crippen LogP contribution in [0, 0.1) is 0 Å². The van der Waals surface area contributed by atoms with Crippen molar-refractivity contribution in [1.82, 2.24) is 25.2 Å². The molecule has 0 spiro atoms. The molecule has 6 heteroatoms. The molecule has 1 amide bonds. The summed E-state index contributed by atoms with van der Waals surface area (Å²) in [6.07, 6.45) is 3.87. The highest BCUT2D eigenvalue weighted by Crippen LogP contribution is 2.24. The number of nitrogens with zero attached hydrogens (tertiary/aromatic N) is 4. The van der Waals surface area contributed by atoms with Crippen LogP contribution in [0.15, 0.2) is 30.5 Å². The molecule has 0 bridgehead atoms. The molecule has 3 heterocycles. The zero-order chi connectivity index (χ0) is 14.9. The van der Waals surface area contributed by atoms with E-state index >= 15 is 0 Å². The van der Waals surface area contributed by atoms with Gasteiger partial charge in [0, 0.05) is 13.1 Å². The number of nitrogens with one attached hydrogen (secondary N) is 1. The van der Waals surface area contributed by atoms with E-state index in [-0.39, 0.29) is 5.91 Å². The summed E-state index contributed by atoms with van der Waals surface area (Å²) in [7, 11) is 0. The Morgan fingerprint density at radius 1 is 1.14 bits per heavy atom. The standard InChI is InChI=1S/C16H19N5O/c22-16(20-9-12-3-1-2-4-13(12)10-20)15-11-21(19-18-15)14-5-7-17-8-6-14/h1-4,11,14,17H,5-10H2. The molecule has 1 aromatic heterocycles. The minimum absolute atomic E-state index is 0.0311. The summed E-state index contributed by atoms with van der Waals surface area (Å²) in [6.45, 7) is 3.31. The van der Waals surface area contributed by atoms with Crippen LogP contribution in [-0.4, -0.2) is 38.9 Å². The molecule has 0 aliphatic carbocycles. The van der Waals surface area contributed by atoms with Gasteiger partial charge in [0.05, 0.1) is 12.2 Å². The molecule has 2 aliphatic rings. The normalized spacial score (nSPS) is 18.5. The van der Waals surface area contributed by atoms with E-state index < -0.39 is 0 Å². The zero-order valence-corrected chi connectivity index (χ0v) is 12.4.